The first-order chi connectivity index (χ1) is 4.47. The molecule has 3 heteroatoms. The summed E-state index contributed by atoms with van der Waals surface area (Å²) in [5.74, 6) is 0. The molecule has 0 fully saturated rings. The van der Waals surface area contributed by atoms with Crippen LogP contribution in [0, 0.1) is 0 Å². The Labute approximate surface area is 79.0 Å². The van der Waals surface area contributed by atoms with Gasteiger partial charge in [0, 0.05) is 13.1 Å². The predicted molar refractivity (Wildman–Crippen MR) is 51.5 cm³/mol. The number of halogens is 2. The predicted octanol–water partition coefficient (Wildman–Crippen LogP) is 2.13. The molecule has 0 unspecified atom stereocenters. The van der Waals surface area contributed by atoms with E-state index in [-0.39, 0.29) is 24.8 Å². The Balaban J connectivity index is 0.000000500. The highest BCUT2D eigenvalue weighted by molar-refractivity contribution is 5.85. The van der Waals surface area contributed by atoms with Gasteiger partial charge in [-0.25, -0.2) is 0 Å². The first-order valence-corrected chi connectivity index (χ1v) is 3.24. The molecule has 0 saturated heterocycles. The number of hydrogen-bond acceptors (Lipinski definition) is 1. The van der Waals surface area contributed by atoms with Gasteiger partial charge in [-0.05, 0) is 11.1 Å². The van der Waals surface area contributed by atoms with Crippen LogP contribution in [-0.4, -0.2) is 0 Å². The smallest absolute Gasteiger partial charge is 0.0211 e. The molecule has 2 rings (SSSR count). The molecule has 62 valence electrons. The van der Waals surface area contributed by atoms with Gasteiger partial charge in [-0.3, -0.25) is 0 Å². The van der Waals surface area contributed by atoms with Crippen molar-refractivity contribution in [2.75, 3.05) is 0 Å². The molecular weight excluding hydrogens is 181 g/mol. The fourth-order valence-electron chi connectivity index (χ4n) is 1.23. The lowest BCUT2D eigenvalue weighted by Gasteiger charge is -1.91. The zero-order valence-electron chi connectivity index (χ0n) is 6.04. The fourth-order valence-corrected chi connectivity index (χ4v) is 1.23. The minimum absolute atomic E-state index is 0. The summed E-state index contributed by atoms with van der Waals surface area (Å²) in [5.41, 5.74) is 2.91. The highest BCUT2D eigenvalue weighted by atomic mass is 35.5. The summed E-state index contributed by atoms with van der Waals surface area (Å²) >= 11 is 0. The summed E-state index contributed by atoms with van der Waals surface area (Å²) in [6.07, 6.45) is 0. The molecule has 0 atom stereocenters. The number of rotatable bonds is 0. The fraction of sp³-hybridized carbons (Fsp3) is 0.250. The van der Waals surface area contributed by atoms with Crippen molar-refractivity contribution in [1.29, 1.82) is 0 Å². The quantitative estimate of drug-likeness (QED) is 0.663. The van der Waals surface area contributed by atoms with Crippen LogP contribution in [0.25, 0.3) is 0 Å². The molecular formula is C8H11Cl2N. The van der Waals surface area contributed by atoms with E-state index in [2.05, 4.69) is 29.6 Å². The second kappa shape index (κ2) is 4.60. The number of nitrogens with one attached hydrogen (secondary N) is 1. The molecule has 1 aromatic carbocycles. The number of hydrogen-bond donors (Lipinski definition) is 1. The third-order valence-electron chi connectivity index (χ3n) is 1.75. The maximum Gasteiger partial charge on any atom is 0.0211 e. The van der Waals surface area contributed by atoms with Crippen LogP contribution in [0.15, 0.2) is 24.3 Å². The van der Waals surface area contributed by atoms with E-state index in [9.17, 15) is 0 Å². The number of benzene rings is 1. The average molecular weight is 192 g/mol. The SMILES string of the molecule is Cl.Cl.c1ccc2c(c1)CNC2. The molecule has 0 spiro atoms. The van der Waals surface area contributed by atoms with Gasteiger partial charge in [0.15, 0.2) is 0 Å². The van der Waals surface area contributed by atoms with E-state index in [1.54, 1.807) is 0 Å². The molecule has 0 aliphatic carbocycles. The van der Waals surface area contributed by atoms with Crippen molar-refractivity contribution in [2.45, 2.75) is 13.1 Å². The Hall–Kier alpha value is -0.240. The summed E-state index contributed by atoms with van der Waals surface area (Å²) in [5, 5.41) is 3.29. The van der Waals surface area contributed by atoms with Crippen molar-refractivity contribution in [3.05, 3.63) is 35.4 Å². The van der Waals surface area contributed by atoms with Gasteiger partial charge in [0.05, 0.1) is 0 Å². The van der Waals surface area contributed by atoms with Gasteiger partial charge < -0.3 is 5.32 Å². The van der Waals surface area contributed by atoms with Crippen molar-refractivity contribution in [1.82, 2.24) is 5.32 Å². The Bertz CT molecular complexity index is 202. The molecule has 1 aromatic rings. The van der Waals surface area contributed by atoms with Crippen LogP contribution >= 0.6 is 24.8 Å². The van der Waals surface area contributed by atoms with E-state index >= 15 is 0 Å². The van der Waals surface area contributed by atoms with Gasteiger partial charge >= 0.3 is 0 Å². The molecule has 11 heavy (non-hydrogen) atoms. The van der Waals surface area contributed by atoms with Crippen molar-refractivity contribution in [2.24, 2.45) is 0 Å². The second-order valence-corrected chi connectivity index (χ2v) is 2.37. The highest BCUT2D eigenvalue weighted by Crippen LogP contribution is 2.12. The van der Waals surface area contributed by atoms with E-state index in [1.807, 2.05) is 0 Å². The zero-order chi connectivity index (χ0) is 6.10. The van der Waals surface area contributed by atoms with E-state index in [1.165, 1.54) is 11.1 Å². The van der Waals surface area contributed by atoms with Crippen LogP contribution in [-0.2, 0) is 13.1 Å². The topological polar surface area (TPSA) is 12.0 Å². The standard InChI is InChI=1S/C8H9N.2ClH/c1-2-4-8-6-9-5-7(8)3-1;;/h1-4,9H,5-6H2;2*1H. The third-order valence-corrected chi connectivity index (χ3v) is 1.75. The van der Waals surface area contributed by atoms with Gasteiger partial charge in [-0.2, -0.15) is 0 Å². The molecule has 0 saturated carbocycles. The second-order valence-electron chi connectivity index (χ2n) is 2.37. The molecule has 1 aliphatic rings. The van der Waals surface area contributed by atoms with Gasteiger partial charge in [0.2, 0.25) is 0 Å². The molecule has 0 bridgehead atoms. The lowest BCUT2D eigenvalue weighted by Crippen LogP contribution is -1.99. The molecule has 1 N–H and O–H groups in total. The molecule has 1 aliphatic heterocycles. The Morgan fingerprint density at radius 2 is 1.36 bits per heavy atom. The van der Waals surface area contributed by atoms with Gasteiger partial charge in [-0.1, -0.05) is 24.3 Å². The van der Waals surface area contributed by atoms with Crippen LogP contribution < -0.4 is 5.32 Å². The molecule has 0 aromatic heterocycles. The summed E-state index contributed by atoms with van der Waals surface area (Å²) in [4.78, 5) is 0. The Morgan fingerprint density at radius 1 is 0.909 bits per heavy atom. The van der Waals surface area contributed by atoms with Crippen LogP contribution in [0.4, 0.5) is 0 Å². The average Bonchev–Trinajstić information content (AvgIpc) is 2.33. The van der Waals surface area contributed by atoms with Crippen LogP contribution in [0.1, 0.15) is 11.1 Å². The normalized spacial score (nSPS) is 12.7. The maximum absolute atomic E-state index is 3.29. The molecule has 0 amide bonds. The number of fused-ring (bicyclic) bond motifs is 1. The van der Waals surface area contributed by atoms with E-state index in [0.29, 0.717) is 0 Å². The van der Waals surface area contributed by atoms with E-state index in [0.717, 1.165) is 13.1 Å². The van der Waals surface area contributed by atoms with Crippen LogP contribution in [0.5, 0.6) is 0 Å². The maximum atomic E-state index is 3.29. The van der Waals surface area contributed by atoms with Crippen molar-refractivity contribution in [3.8, 4) is 0 Å². The van der Waals surface area contributed by atoms with Crippen LogP contribution in [0.2, 0.25) is 0 Å². The summed E-state index contributed by atoms with van der Waals surface area (Å²) in [6.45, 7) is 2.10. The van der Waals surface area contributed by atoms with Crippen LogP contribution in [0.3, 0.4) is 0 Å². The third kappa shape index (κ3) is 2.09. The highest BCUT2D eigenvalue weighted by Gasteiger charge is 2.06. The van der Waals surface area contributed by atoms with Crippen molar-refractivity contribution in [3.63, 3.8) is 0 Å². The van der Waals surface area contributed by atoms with Crippen molar-refractivity contribution < 1.29 is 0 Å². The first kappa shape index (κ1) is 10.8. The van der Waals surface area contributed by atoms with Crippen molar-refractivity contribution >= 4 is 24.8 Å². The Morgan fingerprint density at radius 3 is 1.82 bits per heavy atom. The monoisotopic (exact) mass is 191 g/mol. The lowest BCUT2D eigenvalue weighted by atomic mass is 10.1. The lowest BCUT2D eigenvalue weighted by molar-refractivity contribution is 0.765. The molecule has 0 radical (unpaired) electrons. The Kier molecular flexibility index (Phi) is 4.50. The largest absolute Gasteiger partial charge is 0.309 e. The van der Waals surface area contributed by atoms with E-state index in [4.69, 9.17) is 0 Å². The molecule has 1 nitrogen and oxygen atoms in total. The summed E-state index contributed by atoms with van der Waals surface area (Å²) in [6, 6.07) is 8.53. The summed E-state index contributed by atoms with van der Waals surface area (Å²) in [7, 11) is 0. The van der Waals surface area contributed by atoms with E-state index < -0.39 is 0 Å². The minimum Gasteiger partial charge on any atom is -0.309 e. The van der Waals surface area contributed by atoms with Gasteiger partial charge in [-0.15, -0.1) is 24.8 Å². The van der Waals surface area contributed by atoms with Gasteiger partial charge in [0.25, 0.3) is 0 Å². The minimum atomic E-state index is 0. The zero-order valence-corrected chi connectivity index (χ0v) is 7.67. The molecule has 1 heterocycles. The summed E-state index contributed by atoms with van der Waals surface area (Å²) < 4.78 is 0. The first-order valence-electron chi connectivity index (χ1n) is 3.24. The van der Waals surface area contributed by atoms with Gasteiger partial charge in [0.1, 0.15) is 0 Å².